The predicted octanol–water partition coefficient (Wildman–Crippen LogP) is 5.42. The SMILES string of the molecule is Cc1ccc(NC(=O)N2CCCC2C(=O)Nc2ccc(Oc3ccccc3)cc2)cc1. The highest BCUT2D eigenvalue weighted by Gasteiger charge is 2.34. The fourth-order valence-corrected chi connectivity index (χ4v) is 3.57. The molecule has 3 aromatic carbocycles. The number of benzene rings is 3. The second-order valence-corrected chi connectivity index (χ2v) is 7.58. The highest BCUT2D eigenvalue weighted by molar-refractivity contribution is 5.99. The van der Waals surface area contributed by atoms with Crippen LogP contribution in [0.5, 0.6) is 11.5 Å². The Morgan fingerprint density at radius 3 is 2.16 bits per heavy atom. The van der Waals surface area contributed by atoms with Gasteiger partial charge < -0.3 is 20.3 Å². The zero-order chi connectivity index (χ0) is 21.6. The number of urea groups is 1. The van der Waals surface area contributed by atoms with Crippen LogP contribution < -0.4 is 15.4 Å². The molecule has 4 rings (SSSR count). The van der Waals surface area contributed by atoms with Gasteiger partial charge in [-0.05, 0) is 68.3 Å². The first-order chi connectivity index (χ1) is 15.1. The molecule has 1 saturated heterocycles. The van der Waals surface area contributed by atoms with Crippen LogP contribution in [-0.4, -0.2) is 29.4 Å². The Morgan fingerprint density at radius 2 is 1.45 bits per heavy atom. The third kappa shape index (κ3) is 5.22. The van der Waals surface area contributed by atoms with Crippen LogP contribution in [-0.2, 0) is 4.79 Å². The van der Waals surface area contributed by atoms with Crippen LogP contribution in [0.1, 0.15) is 18.4 Å². The molecule has 0 radical (unpaired) electrons. The molecule has 158 valence electrons. The zero-order valence-electron chi connectivity index (χ0n) is 17.4. The number of amides is 3. The molecular weight excluding hydrogens is 390 g/mol. The lowest BCUT2D eigenvalue weighted by atomic mass is 10.2. The van der Waals surface area contributed by atoms with Gasteiger partial charge in [0.2, 0.25) is 5.91 Å². The summed E-state index contributed by atoms with van der Waals surface area (Å²) in [5.74, 6) is 1.25. The molecule has 0 saturated carbocycles. The van der Waals surface area contributed by atoms with Crippen LogP contribution in [0.25, 0.3) is 0 Å². The number of hydrogen-bond donors (Lipinski definition) is 2. The number of ether oxygens (including phenoxy) is 1. The molecular formula is C25H25N3O3. The number of nitrogens with one attached hydrogen (secondary N) is 2. The quantitative estimate of drug-likeness (QED) is 0.584. The van der Waals surface area contributed by atoms with E-state index in [1.54, 1.807) is 29.2 Å². The third-order valence-corrected chi connectivity index (χ3v) is 5.22. The topological polar surface area (TPSA) is 70.7 Å². The highest BCUT2D eigenvalue weighted by atomic mass is 16.5. The van der Waals surface area contributed by atoms with Crippen LogP contribution in [0.15, 0.2) is 78.9 Å². The lowest BCUT2D eigenvalue weighted by Gasteiger charge is -2.24. The summed E-state index contributed by atoms with van der Waals surface area (Å²) in [6.07, 6.45) is 1.44. The summed E-state index contributed by atoms with van der Waals surface area (Å²) in [5, 5.41) is 5.80. The van der Waals surface area contributed by atoms with Gasteiger partial charge in [0.05, 0.1) is 0 Å². The smallest absolute Gasteiger partial charge is 0.322 e. The van der Waals surface area contributed by atoms with Crippen molar-refractivity contribution >= 4 is 23.3 Å². The monoisotopic (exact) mass is 415 g/mol. The van der Waals surface area contributed by atoms with Gasteiger partial charge in [-0.2, -0.15) is 0 Å². The minimum Gasteiger partial charge on any atom is -0.457 e. The molecule has 2 N–H and O–H groups in total. The van der Waals surface area contributed by atoms with Gasteiger partial charge in [0.25, 0.3) is 0 Å². The molecule has 3 aromatic rings. The van der Waals surface area contributed by atoms with Crippen LogP contribution >= 0.6 is 0 Å². The van der Waals surface area contributed by atoms with Gasteiger partial charge in [-0.15, -0.1) is 0 Å². The first-order valence-corrected chi connectivity index (χ1v) is 10.4. The van der Waals surface area contributed by atoms with Crippen molar-refractivity contribution in [1.82, 2.24) is 4.90 Å². The van der Waals surface area contributed by atoms with Crippen molar-refractivity contribution in [2.24, 2.45) is 0 Å². The largest absolute Gasteiger partial charge is 0.457 e. The highest BCUT2D eigenvalue weighted by Crippen LogP contribution is 2.24. The summed E-state index contributed by atoms with van der Waals surface area (Å²) < 4.78 is 5.78. The number of aryl methyl sites for hydroxylation is 1. The Kier molecular flexibility index (Phi) is 6.17. The number of likely N-dealkylation sites (tertiary alicyclic amines) is 1. The van der Waals surface area contributed by atoms with E-state index in [0.29, 0.717) is 24.4 Å². The second-order valence-electron chi connectivity index (χ2n) is 7.58. The van der Waals surface area contributed by atoms with Crippen LogP contribution in [0.2, 0.25) is 0 Å². The number of carbonyl (C=O) groups excluding carboxylic acids is 2. The van der Waals surface area contributed by atoms with Crippen molar-refractivity contribution in [3.63, 3.8) is 0 Å². The Labute approximate surface area is 181 Å². The number of para-hydroxylation sites is 1. The molecule has 1 aliphatic rings. The van der Waals surface area contributed by atoms with Crippen molar-refractivity contribution in [1.29, 1.82) is 0 Å². The number of nitrogens with zero attached hydrogens (tertiary/aromatic N) is 1. The molecule has 0 bridgehead atoms. The summed E-state index contributed by atoms with van der Waals surface area (Å²) in [6.45, 7) is 2.55. The summed E-state index contributed by atoms with van der Waals surface area (Å²) >= 11 is 0. The van der Waals surface area contributed by atoms with Crippen LogP contribution in [0.3, 0.4) is 0 Å². The molecule has 3 amide bonds. The normalized spacial score (nSPS) is 15.4. The van der Waals surface area contributed by atoms with Crippen LogP contribution in [0.4, 0.5) is 16.2 Å². The molecule has 6 heteroatoms. The van der Waals surface area contributed by atoms with Gasteiger partial charge in [-0.1, -0.05) is 35.9 Å². The second kappa shape index (κ2) is 9.34. The number of hydrogen-bond acceptors (Lipinski definition) is 3. The van der Waals surface area contributed by atoms with Crippen molar-refractivity contribution in [2.75, 3.05) is 17.2 Å². The molecule has 1 aliphatic heterocycles. The lowest BCUT2D eigenvalue weighted by Crippen LogP contribution is -2.45. The molecule has 0 spiro atoms. The van der Waals surface area contributed by atoms with E-state index >= 15 is 0 Å². The van der Waals surface area contributed by atoms with Crippen molar-refractivity contribution in [3.05, 3.63) is 84.4 Å². The van der Waals surface area contributed by atoms with Gasteiger partial charge in [-0.25, -0.2) is 4.79 Å². The molecule has 1 atom stereocenters. The first kappa shape index (κ1) is 20.5. The third-order valence-electron chi connectivity index (χ3n) is 5.22. The van der Waals surface area contributed by atoms with Gasteiger partial charge in [0.1, 0.15) is 17.5 Å². The van der Waals surface area contributed by atoms with Crippen molar-refractivity contribution in [2.45, 2.75) is 25.8 Å². The molecule has 0 aliphatic carbocycles. The van der Waals surface area contributed by atoms with Crippen molar-refractivity contribution in [3.8, 4) is 11.5 Å². The van der Waals surface area contributed by atoms with E-state index < -0.39 is 6.04 Å². The summed E-state index contributed by atoms with van der Waals surface area (Å²) in [4.78, 5) is 27.1. The maximum absolute atomic E-state index is 12.8. The average Bonchev–Trinajstić information content (AvgIpc) is 3.28. The van der Waals surface area contributed by atoms with E-state index in [9.17, 15) is 9.59 Å². The van der Waals surface area contributed by atoms with Gasteiger partial charge in [0.15, 0.2) is 0 Å². The fourth-order valence-electron chi connectivity index (χ4n) is 3.57. The standard InChI is InChI=1S/C25H25N3O3/c1-18-9-11-20(12-10-18)27-25(30)28-17-5-8-23(28)24(29)26-19-13-15-22(16-14-19)31-21-6-3-2-4-7-21/h2-4,6-7,9-16,23H,5,8,17H2,1H3,(H,26,29)(H,27,30). The minimum atomic E-state index is -0.495. The van der Waals surface area contributed by atoms with Crippen molar-refractivity contribution < 1.29 is 14.3 Å². The molecule has 6 nitrogen and oxygen atoms in total. The fraction of sp³-hybridized carbons (Fsp3) is 0.200. The predicted molar refractivity (Wildman–Crippen MR) is 122 cm³/mol. The number of anilines is 2. The van der Waals surface area contributed by atoms with E-state index in [1.807, 2.05) is 61.5 Å². The molecule has 0 aromatic heterocycles. The van der Waals surface area contributed by atoms with Gasteiger partial charge >= 0.3 is 6.03 Å². The number of rotatable bonds is 5. The van der Waals surface area contributed by atoms with E-state index in [0.717, 1.165) is 23.4 Å². The maximum atomic E-state index is 12.8. The molecule has 1 unspecified atom stereocenters. The molecule has 1 fully saturated rings. The Hall–Kier alpha value is -3.80. The van der Waals surface area contributed by atoms with E-state index in [4.69, 9.17) is 4.74 Å². The summed E-state index contributed by atoms with van der Waals surface area (Å²) in [5.41, 5.74) is 2.50. The zero-order valence-corrected chi connectivity index (χ0v) is 17.4. The Bertz CT molecular complexity index is 1030. The summed E-state index contributed by atoms with van der Waals surface area (Å²) in [6, 6.07) is 23.6. The average molecular weight is 415 g/mol. The Balaban J connectivity index is 1.35. The molecule has 1 heterocycles. The number of carbonyl (C=O) groups is 2. The Morgan fingerprint density at radius 1 is 0.839 bits per heavy atom. The maximum Gasteiger partial charge on any atom is 0.322 e. The minimum absolute atomic E-state index is 0.187. The van der Waals surface area contributed by atoms with Crippen LogP contribution in [0, 0.1) is 6.92 Å². The lowest BCUT2D eigenvalue weighted by molar-refractivity contribution is -0.119. The molecule has 31 heavy (non-hydrogen) atoms. The summed E-state index contributed by atoms with van der Waals surface area (Å²) in [7, 11) is 0. The van der Waals surface area contributed by atoms with Gasteiger partial charge in [-0.3, -0.25) is 4.79 Å². The van der Waals surface area contributed by atoms with E-state index in [2.05, 4.69) is 10.6 Å². The van der Waals surface area contributed by atoms with E-state index in [-0.39, 0.29) is 11.9 Å². The first-order valence-electron chi connectivity index (χ1n) is 10.4. The van der Waals surface area contributed by atoms with Gasteiger partial charge in [0, 0.05) is 17.9 Å². The van der Waals surface area contributed by atoms with E-state index in [1.165, 1.54) is 0 Å².